The molecule has 0 saturated carbocycles. The standard InChI is InChI=1S/C15H12ClN5O2/c1-20-14(22)7-6-12(19-20)15(23)18-13-8-9-17-21(13)11-4-2-10(16)3-5-11/h2-9H,1H3,(H,18,23). The molecule has 7 nitrogen and oxygen atoms in total. The van der Waals surface area contributed by atoms with Crippen molar-refractivity contribution < 1.29 is 4.79 Å². The van der Waals surface area contributed by atoms with Crippen LogP contribution >= 0.6 is 11.6 Å². The Morgan fingerprint density at radius 3 is 2.57 bits per heavy atom. The third-order valence-electron chi connectivity index (χ3n) is 3.15. The van der Waals surface area contributed by atoms with Crippen molar-refractivity contribution >= 4 is 23.3 Å². The summed E-state index contributed by atoms with van der Waals surface area (Å²) >= 11 is 5.87. The molecular weight excluding hydrogens is 318 g/mol. The molecule has 0 bridgehead atoms. The average molecular weight is 330 g/mol. The summed E-state index contributed by atoms with van der Waals surface area (Å²) in [6, 6.07) is 11.4. The summed E-state index contributed by atoms with van der Waals surface area (Å²) < 4.78 is 2.67. The quantitative estimate of drug-likeness (QED) is 0.795. The largest absolute Gasteiger partial charge is 0.305 e. The van der Waals surface area contributed by atoms with Gasteiger partial charge in [-0.15, -0.1) is 0 Å². The van der Waals surface area contributed by atoms with Gasteiger partial charge in [0.15, 0.2) is 0 Å². The number of carbonyl (C=O) groups excluding carboxylic acids is 1. The van der Waals surface area contributed by atoms with Gasteiger partial charge < -0.3 is 5.32 Å². The van der Waals surface area contributed by atoms with Crippen LogP contribution < -0.4 is 10.9 Å². The van der Waals surface area contributed by atoms with Crippen LogP contribution in [0.3, 0.4) is 0 Å². The predicted molar refractivity (Wildman–Crippen MR) is 86.0 cm³/mol. The molecule has 0 aliphatic heterocycles. The molecule has 1 aromatic carbocycles. The lowest BCUT2D eigenvalue weighted by Crippen LogP contribution is -2.24. The second-order valence-electron chi connectivity index (χ2n) is 4.74. The Hall–Kier alpha value is -2.93. The molecule has 0 aliphatic rings. The Balaban J connectivity index is 1.87. The summed E-state index contributed by atoms with van der Waals surface area (Å²) in [5.41, 5.74) is 0.604. The van der Waals surface area contributed by atoms with Gasteiger partial charge in [-0.3, -0.25) is 9.59 Å². The third kappa shape index (κ3) is 3.14. The summed E-state index contributed by atoms with van der Waals surface area (Å²) in [4.78, 5) is 23.6. The summed E-state index contributed by atoms with van der Waals surface area (Å²) in [6.07, 6.45) is 1.57. The zero-order valence-electron chi connectivity index (χ0n) is 12.1. The zero-order valence-corrected chi connectivity index (χ0v) is 12.9. The zero-order chi connectivity index (χ0) is 16.4. The summed E-state index contributed by atoms with van der Waals surface area (Å²) in [5.74, 6) is 0.0456. The molecule has 3 aromatic rings. The van der Waals surface area contributed by atoms with Crippen LogP contribution in [0, 0.1) is 0 Å². The number of hydrogen-bond donors (Lipinski definition) is 1. The fourth-order valence-corrected chi connectivity index (χ4v) is 2.12. The van der Waals surface area contributed by atoms with Gasteiger partial charge in [-0.25, -0.2) is 9.36 Å². The third-order valence-corrected chi connectivity index (χ3v) is 3.40. The maximum absolute atomic E-state index is 12.3. The number of halogens is 1. The second kappa shape index (κ2) is 6.05. The molecule has 0 aliphatic carbocycles. The monoisotopic (exact) mass is 329 g/mol. The number of anilines is 1. The van der Waals surface area contributed by atoms with E-state index in [-0.39, 0.29) is 11.3 Å². The van der Waals surface area contributed by atoms with E-state index in [1.54, 1.807) is 41.2 Å². The van der Waals surface area contributed by atoms with Crippen LogP contribution in [0.5, 0.6) is 0 Å². The smallest absolute Gasteiger partial charge is 0.277 e. The highest BCUT2D eigenvalue weighted by Gasteiger charge is 2.12. The Bertz CT molecular complexity index is 914. The molecule has 2 heterocycles. The number of rotatable bonds is 3. The van der Waals surface area contributed by atoms with Gasteiger partial charge in [0.05, 0.1) is 11.9 Å². The topological polar surface area (TPSA) is 81.8 Å². The van der Waals surface area contributed by atoms with Gasteiger partial charge in [-0.2, -0.15) is 10.2 Å². The first-order chi connectivity index (χ1) is 11.0. The molecule has 1 N–H and O–H groups in total. The van der Waals surface area contributed by atoms with E-state index in [4.69, 9.17) is 11.6 Å². The molecule has 2 aromatic heterocycles. The second-order valence-corrected chi connectivity index (χ2v) is 5.18. The Morgan fingerprint density at radius 1 is 1.13 bits per heavy atom. The van der Waals surface area contributed by atoms with E-state index in [0.29, 0.717) is 10.8 Å². The molecule has 0 fully saturated rings. The van der Waals surface area contributed by atoms with Gasteiger partial charge >= 0.3 is 0 Å². The molecule has 23 heavy (non-hydrogen) atoms. The van der Waals surface area contributed by atoms with Crippen molar-refractivity contribution in [3.8, 4) is 5.69 Å². The maximum atomic E-state index is 12.3. The number of nitrogens with one attached hydrogen (secondary N) is 1. The number of benzene rings is 1. The van der Waals surface area contributed by atoms with Crippen LogP contribution in [0.15, 0.2) is 53.5 Å². The van der Waals surface area contributed by atoms with Crippen LogP contribution in [-0.2, 0) is 7.05 Å². The SMILES string of the molecule is Cn1nc(C(=O)Nc2ccnn2-c2ccc(Cl)cc2)ccc1=O. The summed E-state index contributed by atoms with van der Waals surface area (Å²) in [6.45, 7) is 0. The molecule has 0 saturated heterocycles. The fourth-order valence-electron chi connectivity index (χ4n) is 1.99. The minimum atomic E-state index is -0.434. The number of nitrogens with zero attached hydrogens (tertiary/aromatic N) is 4. The van der Waals surface area contributed by atoms with Crippen LogP contribution in [0.2, 0.25) is 5.02 Å². The summed E-state index contributed by atoms with van der Waals surface area (Å²) in [5, 5.41) is 11.4. The van der Waals surface area contributed by atoms with Crippen molar-refractivity contribution in [2.75, 3.05) is 5.32 Å². The molecule has 8 heteroatoms. The van der Waals surface area contributed by atoms with Crippen molar-refractivity contribution in [2.45, 2.75) is 0 Å². The molecule has 0 unspecified atom stereocenters. The minimum absolute atomic E-state index is 0.135. The van der Waals surface area contributed by atoms with E-state index in [1.165, 1.54) is 19.2 Å². The average Bonchev–Trinajstić information content (AvgIpc) is 2.99. The number of amides is 1. The van der Waals surface area contributed by atoms with Crippen molar-refractivity contribution in [2.24, 2.45) is 7.05 Å². The van der Waals surface area contributed by atoms with Crippen LogP contribution in [0.1, 0.15) is 10.5 Å². The van der Waals surface area contributed by atoms with Crippen LogP contribution in [0.25, 0.3) is 5.69 Å². The molecule has 3 rings (SSSR count). The first kappa shape index (κ1) is 15.0. The van der Waals surface area contributed by atoms with Crippen molar-refractivity contribution in [3.63, 3.8) is 0 Å². The number of aryl methyl sites for hydroxylation is 1. The van der Waals surface area contributed by atoms with Gasteiger partial charge in [0.2, 0.25) is 0 Å². The fraction of sp³-hybridized carbons (Fsp3) is 0.0667. The Kier molecular flexibility index (Phi) is 3.94. The molecule has 0 radical (unpaired) electrons. The van der Waals surface area contributed by atoms with Crippen molar-refractivity contribution in [1.82, 2.24) is 19.6 Å². The molecular formula is C15H12ClN5O2. The Labute approximate surface area is 136 Å². The lowest BCUT2D eigenvalue weighted by molar-refractivity contribution is 0.101. The first-order valence-corrected chi connectivity index (χ1v) is 7.08. The normalized spacial score (nSPS) is 10.5. The number of carbonyl (C=O) groups is 1. The molecule has 116 valence electrons. The highest BCUT2D eigenvalue weighted by molar-refractivity contribution is 6.30. The predicted octanol–water partition coefficient (Wildman–Crippen LogP) is 1.87. The van der Waals surface area contributed by atoms with Crippen molar-refractivity contribution in [1.29, 1.82) is 0 Å². The van der Waals surface area contributed by atoms with Gasteiger partial charge in [-0.05, 0) is 30.3 Å². The molecule has 1 amide bonds. The number of hydrogen-bond acceptors (Lipinski definition) is 4. The first-order valence-electron chi connectivity index (χ1n) is 6.70. The van der Waals surface area contributed by atoms with E-state index in [0.717, 1.165) is 10.4 Å². The minimum Gasteiger partial charge on any atom is -0.305 e. The van der Waals surface area contributed by atoms with Crippen LogP contribution in [-0.4, -0.2) is 25.5 Å². The Morgan fingerprint density at radius 2 is 1.87 bits per heavy atom. The van der Waals surface area contributed by atoms with E-state index in [9.17, 15) is 9.59 Å². The maximum Gasteiger partial charge on any atom is 0.277 e. The highest BCUT2D eigenvalue weighted by atomic mass is 35.5. The summed E-state index contributed by atoms with van der Waals surface area (Å²) in [7, 11) is 1.48. The van der Waals surface area contributed by atoms with Crippen molar-refractivity contribution in [3.05, 3.63) is 69.7 Å². The molecule has 0 atom stereocenters. The van der Waals surface area contributed by atoms with Gasteiger partial charge in [-0.1, -0.05) is 11.6 Å². The lowest BCUT2D eigenvalue weighted by Gasteiger charge is -2.09. The van der Waals surface area contributed by atoms with Gasteiger partial charge in [0, 0.05) is 24.2 Å². The highest BCUT2D eigenvalue weighted by Crippen LogP contribution is 2.17. The van der Waals surface area contributed by atoms with E-state index in [1.807, 2.05) is 0 Å². The lowest BCUT2D eigenvalue weighted by atomic mass is 10.3. The van der Waals surface area contributed by atoms with E-state index in [2.05, 4.69) is 15.5 Å². The van der Waals surface area contributed by atoms with Crippen LogP contribution in [0.4, 0.5) is 5.82 Å². The van der Waals surface area contributed by atoms with E-state index < -0.39 is 5.91 Å². The number of aromatic nitrogens is 4. The van der Waals surface area contributed by atoms with Gasteiger partial charge in [0.1, 0.15) is 11.5 Å². The van der Waals surface area contributed by atoms with E-state index >= 15 is 0 Å². The molecule has 0 spiro atoms. The van der Waals surface area contributed by atoms with Gasteiger partial charge in [0.25, 0.3) is 11.5 Å².